The molecule has 2 aromatic heterocycles. The molecule has 0 aliphatic carbocycles. The normalized spacial score (nSPS) is 10.7. The Morgan fingerprint density at radius 1 is 1.14 bits per heavy atom. The average molecular weight is 361 g/mol. The Morgan fingerprint density at radius 3 is 2.71 bits per heavy atom. The van der Waals surface area contributed by atoms with E-state index < -0.39 is 0 Å². The van der Waals surface area contributed by atoms with Crippen LogP contribution in [0.1, 0.15) is 11.3 Å². The molecule has 0 amide bonds. The molecule has 0 fully saturated rings. The summed E-state index contributed by atoms with van der Waals surface area (Å²) in [6.45, 7) is 0. The molecule has 0 saturated carbocycles. The van der Waals surface area contributed by atoms with E-state index >= 15 is 0 Å². The number of nitrogens with zero attached hydrogens (tertiary/aromatic N) is 2. The number of anilines is 2. The van der Waals surface area contributed by atoms with Crippen LogP contribution in [0.15, 0.2) is 46.4 Å². The summed E-state index contributed by atoms with van der Waals surface area (Å²) in [6, 6.07) is 9.86. The van der Waals surface area contributed by atoms with Crippen LogP contribution in [0.5, 0.6) is 0 Å². The number of rotatable bonds is 3. The zero-order chi connectivity index (χ0) is 14.8. The van der Waals surface area contributed by atoms with E-state index in [0.29, 0.717) is 12.2 Å². The van der Waals surface area contributed by atoms with Crippen molar-refractivity contribution >= 4 is 38.8 Å². The highest BCUT2D eigenvalue weighted by Crippen LogP contribution is 2.26. The fourth-order valence-corrected chi connectivity index (χ4v) is 3.13. The number of hydrogen-bond acceptors (Lipinski definition) is 5. The molecule has 0 atom stereocenters. The summed E-state index contributed by atoms with van der Waals surface area (Å²) in [5.74, 6) is 0.547. The molecule has 3 aromatic rings. The molecular weight excluding hydrogens is 348 g/mol. The average Bonchev–Trinajstić information content (AvgIpc) is 2.89. The third-order valence-corrected chi connectivity index (χ3v) is 4.47. The predicted octanol–water partition coefficient (Wildman–Crippen LogP) is 3.72. The zero-order valence-corrected chi connectivity index (χ0v) is 13.5. The topological polar surface area (TPSA) is 77.8 Å². The number of pyridine rings is 1. The van der Waals surface area contributed by atoms with Gasteiger partial charge in [-0.2, -0.15) is 0 Å². The fourth-order valence-electron chi connectivity index (χ4n) is 2.05. The van der Waals surface area contributed by atoms with E-state index in [0.717, 1.165) is 32.0 Å². The van der Waals surface area contributed by atoms with Gasteiger partial charge in [0, 0.05) is 39.4 Å². The monoisotopic (exact) mass is 360 g/mol. The van der Waals surface area contributed by atoms with Gasteiger partial charge in [0.2, 0.25) is 0 Å². The number of aromatic nitrogens is 2. The molecule has 6 heteroatoms. The van der Waals surface area contributed by atoms with Gasteiger partial charge in [-0.15, -0.1) is 11.3 Å². The molecule has 0 unspecified atom stereocenters. The molecule has 2 heterocycles. The quantitative estimate of drug-likeness (QED) is 0.697. The first kappa shape index (κ1) is 14.0. The summed E-state index contributed by atoms with van der Waals surface area (Å²) < 4.78 is 0.976. The van der Waals surface area contributed by atoms with Crippen LogP contribution < -0.4 is 11.5 Å². The highest BCUT2D eigenvalue weighted by atomic mass is 79.9. The van der Waals surface area contributed by atoms with Crippen LogP contribution in [0.25, 0.3) is 10.6 Å². The smallest absolute Gasteiger partial charge is 0.135 e. The second-order valence-corrected chi connectivity index (χ2v) is 6.41. The van der Waals surface area contributed by atoms with Crippen LogP contribution in [0.3, 0.4) is 0 Å². The van der Waals surface area contributed by atoms with Gasteiger partial charge < -0.3 is 11.5 Å². The molecule has 106 valence electrons. The lowest BCUT2D eigenvalue weighted by atomic mass is 10.1. The van der Waals surface area contributed by atoms with E-state index in [2.05, 4.69) is 25.9 Å². The molecule has 4 nitrogen and oxygen atoms in total. The molecule has 0 bridgehead atoms. The molecule has 0 saturated heterocycles. The number of nitrogen functional groups attached to an aromatic ring is 2. The van der Waals surface area contributed by atoms with Crippen LogP contribution >= 0.6 is 27.3 Å². The highest BCUT2D eigenvalue weighted by Gasteiger charge is 2.07. The maximum Gasteiger partial charge on any atom is 0.135 e. The van der Waals surface area contributed by atoms with Crippen molar-refractivity contribution in [3.05, 3.63) is 57.6 Å². The number of thiazole rings is 1. The van der Waals surface area contributed by atoms with Crippen LogP contribution in [0.4, 0.5) is 11.5 Å². The van der Waals surface area contributed by atoms with Crippen molar-refractivity contribution in [3.8, 4) is 10.6 Å². The van der Waals surface area contributed by atoms with Gasteiger partial charge in [0.15, 0.2) is 0 Å². The SMILES string of the molecule is Nc1csc(-c2ccnc(Cc3ccc(Br)cc3N)c2)n1. The van der Waals surface area contributed by atoms with Crippen LogP contribution in [-0.2, 0) is 6.42 Å². The minimum atomic E-state index is 0.547. The van der Waals surface area contributed by atoms with Gasteiger partial charge in [0.25, 0.3) is 0 Å². The second kappa shape index (κ2) is 5.83. The van der Waals surface area contributed by atoms with Gasteiger partial charge in [-0.05, 0) is 29.8 Å². The number of halogens is 1. The van der Waals surface area contributed by atoms with Crippen molar-refractivity contribution in [1.82, 2.24) is 9.97 Å². The Balaban J connectivity index is 1.89. The second-order valence-electron chi connectivity index (χ2n) is 4.63. The molecule has 4 N–H and O–H groups in total. The van der Waals surface area contributed by atoms with Crippen molar-refractivity contribution in [2.75, 3.05) is 11.5 Å². The Hall–Kier alpha value is -1.92. The number of hydrogen-bond donors (Lipinski definition) is 2. The van der Waals surface area contributed by atoms with Crippen molar-refractivity contribution in [1.29, 1.82) is 0 Å². The van der Waals surface area contributed by atoms with Gasteiger partial charge in [-0.25, -0.2) is 4.98 Å². The maximum absolute atomic E-state index is 6.04. The van der Waals surface area contributed by atoms with Crippen molar-refractivity contribution in [2.45, 2.75) is 6.42 Å². The van der Waals surface area contributed by atoms with Crippen LogP contribution in [0.2, 0.25) is 0 Å². The lowest BCUT2D eigenvalue weighted by Gasteiger charge is -2.06. The first-order chi connectivity index (χ1) is 10.1. The van der Waals surface area contributed by atoms with Crippen LogP contribution in [0, 0.1) is 0 Å². The lowest BCUT2D eigenvalue weighted by Crippen LogP contribution is -1.98. The molecule has 0 aliphatic heterocycles. The van der Waals surface area contributed by atoms with Gasteiger partial charge in [-0.1, -0.05) is 22.0 Å². The standard InChI is InChI=1S/C15H13BrN4S/c16-11-2-1-9(13(17)7-11)5-12-6-10(3-4-19-12)15-20-14(18)8-21-15/h1-4,6-8H,5,17-18H2. The third kappa shape index (κ3) is 3.22. The fraction of sp³-hybridized carbons (Fsp3) is 0.0667. The summed E-state index contributed by atoms with van der Waals surface area (Å²) in [5, 5.41) is 2.74. The van der Waals surface area contributed by atoms with Crippen molar-refractivity contribution < 1.29 is 0 Å². The van der Waals surface area contributed by atoms with Gasteiger partial charge >= 0.3 is 0 Å². The van der Waals surface area contributed by atoms with Crippen molar-refractivity contribution in [2.24, 2.45) is 0 Å². The molecule has 3 rings (SSSR count). The molecule has 0 aliphatic rings. The first-order valence-corrected chi connectivity index (χ1v) is 7.99. The Morgan fingerprint density at radius 2 is 2.00 bits per heavy atom. The van der Waals surface area contributed by atoms with Crippen molar-refractivity contribution in [3.63, 3.8) is 0 Å². The van der Waals surface area contributed by atoms with E-state index in [1.807, 2.05) is 35.7 Å². The zero-order valence-electron chi connectivity index (χ0n) is 11.1. The van der Waals surface area contributed by atoms with Gasteiger partial charge in [0.1, 0.15) is 10.8 Å². The first-order valence-electron chi connectivity index (χ1n) is 6.32. The Labute approximate surface area is 135 Å². The summed E-state index contributed by atoms with van der Waals surface area (Å²) in [4.78, 5) is 8.70. The third-order valence-electron chi connectivity index (χ3n) is 3.06. The predicted molar refractivity (Wildman–Crippen MR) is 91.1 cm³/mol. The molecule has 0 radical (unpaired) electrons. The van der Waals surface area contributed by atoms with E-state index in [4.69, 9.17) is 11.5 Å². The summed E-state index contributed by atoms with van der Waals surface area (Å²) in [7, 11) is 0. The Kier molecular flexibility index (Phi) is 3.90. The van der Waals surface area contributed by atoms with E-state index in [9.17, 15) is 0 Å². The number of nitrogens with two attached hydrogens (primary N) is 2. The largest absolute Gasteiger partial charge is 0.398 e. The van der Waals surface area contributed by atoms with E-state index in [-0.39, 0.29) is 0 Å². The summed E-state index contributed by atoms with van der Waals surface area (Å²) >= 11 is 4.94. The lowest BCUT2D eigenvalue weighted by molar-refractivity contribution is 1.08. The summed E-state index contributed by atoms with van der Waals surface area (Å²) in [6.07, 6.45) is 2.48. The maximum atomic E-state index is 6.04. The minimum Gasteiger partial charge on any atom is -0.398 e. The van der Waals surface area contributed by atoms with Crippen LogP contribution in [-0.4, -0.2) is 9.97 Å². The van der Waals surface area contributed by atoms with E-state index in [1.54, 1.807) is 6.20 Å². The van der Waals surface area contributed by atoms with Gasteiger partial charge in [-0.3, -0.25) is 4.98 Å². The molecule has 0 spiro atoms. The minimum absolute atomic E-state index is 0.547. The molecule has 1 aromatic carbocycles. The number of benzene rings is 1. The Bertz CT molecular complexity index is 785. The molecular formula is C15H13BrN4S. The van der Waals surface area contributed by atoms with Gasteiger partial charge in [0.05, 0.1) is 0 Å². The van der Waals surface area contributed by atoms with E-state index in [1.165, 1.54) is 11.3 Å². The summed E-state index contributed by atoms with van der Waals surface area (Å²) in [5.41, 5.74) is 15.5. The molecule has 21 heavy (non-hydrogen) atoms. The highest BCUT2D eigenvalue weighted by molar-refractivity contribution is 9.10.